The van der Waals surface area contributed by atoms with E-state index in [0.29, 0.717) is 12.2 Å². The van der Waals surface area contributed by atoms with E-state index in [0.717, 1.165) is 49.0 Å². The summed E-state index contributed by atoms with van der Waals surface area (Å²) in [6.07, 6.45) is 4.87. The first kappa shape index (κ1) is 18.7. The van der Waals surface area contributed by atoms with Crippen molar-refractivity contribution in [3.63, 3.8) is 0 Å². The van der Waals surface area contributed by atoms with Gasteiger partial charge in [-0.25, -0.2) is 0 Å². The van der Waals surface area contributed by atoms with Crippen molar-refractivity contribution in [1.82, 2.24) is 14.8 Å². The minimum absolute atomic E-state index is 0.338. The van der Waals surface area contributed by atoms with Gasteiger partial charge in [0.2, 0.25) is 0 Å². The van der Waals surface area contributed by atoms with E-state index in [1.807, 2.05) is 0 Å². The number of nitrogens with zero attached hydrogens (tertiary/aromatic N) is 3. The lowest BCUT2D eigenvalue weighted by Crippen LogP contribution is -2.13. The van der Waals surface area contributed by atoms with Crippen molar-refractivity contribution in [1.29, 1.82) is 0 Å². The van der Waals surface area contributed by atoms with Crippen molar-refractivity contribution in [2.75, 3.05) is 5.75 Å². The summed E-state index contributed by atoms with van der Waals surface area (Å²) in [7, 11) is 0. The van der Waals surface area contributed by atoms with E-state index in [-0.39, 0.29) is 0 Å². The molecule has 0 unspecified atom stereocenters. The number of hydrogen-bond donors (Lipinski definition) is 0. The van der Waals surface area contributed by atoms with E-state index in [2.05, 4.69) is 69.5 Å². The van der Waals surface area contributed by atoms with Gasteiger partial charge in [0.25, 0.3) is 0 Å². The van der Waals surface area contributed by atoms with Crippen LogP contribution < -0.4 is 0 Å². The molecule has 2 atom stereocenters. The molecule has 2 aromatic heterocycles. The Hall–Kier alpha value is -1.63. The molecular weight excluding hydrogens is 374 g/mol. The summed E-state index contributed by atoms with van der Waals surface area (Å²) < 4.78 is 8.27. The normalized spacial score (nSPS) is 19.6. The molecule has 0 amide bonds. The van der Waals surface area contributed by atoms with Gasteiger partial charge in [-0.1, -0.05) is 48.2 Å². The molecule has 1 saturated heterocycles. The minimum atomic E-state index is 0.338. The lowest BCUT2D eigenvalue weighted by Gasteiger charge is -2.12. The predicted molar refractivity (Wildman–Crippen MR) is 112 cm³/mol. The Kier molecular flexibility index (Phi) is 6.27. The highest BCUT2D eigenvalue weighted by Crippen LogP contribution is 2.27. The van der Waals surface area contributed by atoms with Gasteiger partial charge < -0.3 is 9.30 Å². The monoisotopic (exact) mass is 399 g/mol. The third-order valence-electron chi connectivity index (χ3n) is 4.89. The Morgan fingerprint density at radius 3 is 2.78 bits per heavy atom. The Morgan fingerprint density at radius 1 is 1.15 bits per heavy atom. The number of thiophene rings is 1. The number of ether oxygens (including phenoxy) is 1. The highest BCUT2D eigenvalue weighted by Gasteiger charge is 2.23. The van der Waals surface area contributed by atoms with Gasteiger partial charge in [-0.3, -0.25) is 0 Å². The predicted octanol–water partition coefficient (Wildman–Crippen LogP) is 4.83. The maximum atomic E-state index is 5.97. The average molecular weight is 400 g/mol. The molecule has 3 heterocycles. The van der Waals surface area contributed by atoms with Gasteiger partial charge in [0, 0.05) is 23.6 Å². The summed E-state index contributed by atoms with van der Waals surface area (Å²) in [6.45, 7) is 3.06. The van der Waals surface area contributed by atoms with Crippen LogP contribution in [-0.2, 0) is 24.1 Å². The molecule has 0 radical (unpaired) electrons. The number of hydrogen-bond acceptors (Lipinski definition) is 5. The molecule has 1 aromatic carbocycles. The van der Waals surface area contributed by atoms with Crippen molar-refractivity contribution in [2.45, 2.75) is 56.5 Å². The summed E-state index contributed by atoms with van der Waals surface area (Å²) >= 11 is 3.56. The Labute approximate surface area is 169 Å². The van der Waals surface area contributed by atoms with E-state index in [4.69, 9.17) is 4.74 Å². The lowest BCUT2D eigenvalue weighted by atomic mass is 10.1. The van der Waals surface area contributed by atoms with Crippen LogP contribution in [0.25, 0.3) is 0 Å². The maximum Gasteiger partial charge on any atom is 0.191 e. The molecular formula is C21H25N3OS2. The first-order valence-electron chi connectivity index (χ1n) is 9.54. The van der Waals surface area contributed by atoms with E-state index >= 15 is 0 Å². The largest absolute Gasteiger partial charge is 0.374 e. The van der Waals surface area contributed by atoms with Crippen molar-refractivity contribution in [2.24, 2.45) is 0 Å². The van der Waals surface area contributed by atoms with Gasteiger partial charge in [-0.05, 0) is 43.2 Å². The molecule has 0 saturated carbocycles. The molecule has 142 valence electrons. The third kappa shape index (κ3) is 5.00. The second-order valence-electron chi connectivity index (χ2n) is 7.00. The molecule has 1 aliphatic rings. The first-order valence-corrected chi connectivity index (χ1v) is 11.4. The molecule has 0 N–H and O–H groups in total. The van der Waals surface area contributed by atoms with Crippen LogP contribution >= 0.6 is 23.1 Å². The van der Waals surface area contributed by atoms with Gasteiger partial charge in [0.05, 0.1) is 12.2 Å². The molecule has 27 heavy (non-hydrogen) atoms. The average Bonchev–Trinajstić information content (AvgIpc) is 3.42. The van der Waals surface area contributed by atoms with Crippen LogP contribution in [0.4, 0.5) is 0 Å². The molecule has 0 spiro atoms. The minimum Gasteiger partial charge on any atom is -0.374 e. The summed E-state index contributed by atoms with van der Waals surface area (Å²) in [6, 6.07) is 14.9. The zero-order valence-electron chi connectivity index (χ0n) is 15.6. The fourth-order valence-electron chi connectivity index (χ4n) is 3.41. The van der Waals surface area contributed by atoms with Crippen molar-refractivity contribution >= 4 is 23.1 Å². The summed E-state index contributed by atoms with van der Waals surface area (Å²) in [5, 5.41) is 12.2. The molecule has 0 bridgehead atoms. The molecule has 4 nitrogen and oxygen atoms in total. The number of benzene rings is 1. The van der Waals surface area contributed by atoms with Crippen LogP contribution in [0.2, 0.25) is 0 Å². The van der Waals surface area contributed by atoms with Crippen LogP contribution in [0.3, 0.4) is 0 Å². The molecule has 1 fully saturated rings. The number of rotatable bonds is 8. The summed E-state index contributed by atoms with van der Waals surface area (Å²) in [5.74, 6) is 2.00. The molecule has 3 aromatic rings. The fraction of sp³-hybridized carbons (Fsp3) is 0.429. The van der Waals surface area contributed by atoms with Gasteiger partial charge in [-0.2, -0.15) is 0 Å². The standard InChI is InChI=1S/C21H25N3OS2/c1-16-9-10-18(25-16)15-27-21-23-22-20(14-19-8-5-13-26-19)24(21)12-11-17-6-3-2-4-7-17/h2-8,13,16,18H,9-12,14-15H2,1H3/t16-,18-/m1/s1. The second-order valence-corrected chi connectivity index (χ2v) is 9.02. The Balaban J connectivity index is 1.47. The van der Waals surface area contributed by atoms with Crippen molar-refractivity contribution in [3.05, 3.63) is 64.1 Å². The fourth-order valence-corrected chi connectivity index (χ4v) is 5.14. The smallest absolute Gasteiger partial charge is 0.191 e. The van der Waals surface area contributed by atoms with Gasteiger partial charge >= 0.3 is 0 Å². The zero-order valence-corrected chi connectivity index (χ0v) is 17.2. The topological polar surface area (TPSA) is 39.9 Å². The lowest BCUT2D eigenvalue weighted by molar-refractivity contribution is 0.0699. The number of aromatic nitrogens is 3. The quantitative estimate of drug-likeness (QED) is 0.509. The molecule has 1 aliphatic heterocycles. The van der Waals surface area contributed by atoms with Gasteiger partial charge in [0.1, 0.15) is 5.82 Å². The summed E-state index contributed by atoms with van der Waals surface area (Å²) in [5.41, 5.74) is 1.34. The van der Waals surface area contributed by atoms with Crippen LogP contribution in [0, 0.1) is 0 Å². The second kappa shape index (κ2) is 9.04. The molecule has 0 aliphatic carbocycles. The molecule has 6 heteroatoms. The number of thioether (sulfide) groups is 1. The maximum absolute atomic E-state index is 5.97. The van der Waals surface area contributed by atoms with Gasteiger partial charge in [0.15, 0.2) is 5.16 Å². The third-order valence-corrected chi connectivity index (χ3v) is 6.87. The molecule has 4 rings (SSSR count). The van der Waals surface area contributed by atoms with E-state index in [1.165, 1.54) is 10.4 Å². The zero-order chi connectivity index (χ0) is 18.5. The van der Waals surface area contributed by atoms with Crippen LogP contribution in [0.5, 0.6) is 0 Å². The van der Waals surface area contributed by atoms with Crippen molar-refractivity contribution in [3.8, 4) is 0 Å². The van der Waals surface area contributed by atoms with Gasteiger partial charge in [-0.15, -0.1) is 21.5 Å². The summed E-state index contributed by atoms with van der Waals surface area (Å²) in [4.78, 5) is 1.33. The highest BCUT2D eigenvalue weighted by atomic mass is 32.2. The van der Waals surface area contributed by atoms with E-state index < -0.39 is 0 Å². The van der Waals surface area contributed by atoms with E-state index in [9.17, 15) is 0 Å². The van der Waals surface area contributed by atoms with Crippen LogP contribution in [0.15, 0.2) is 53.0 Å². The SMILES string of the molecule is C[C@@H]1CC[C@H](CSc2nnc(Cc3cccs3)n2CCc2ccccc2)O1. The Morgan fingerprint density at radius 2 is 2.04 bits per heavy atom. The van der Waals surface area contributed by atoms with Crippen LogP contribution in [-0.4, -0.2) is 32.7 Å². The Bertz CT molecular complexity index is 833. The van der Waals surface area contributed by atoms with Crippen molar-refractivity contribution < 1.29 is 4.74 Å². The number of aryl methyl sites for hydroxylation is 1. The first-order chi connectivity index (χ1) is 13.3. The highest BCUT2D eigenvalue weighted by molar-refractivity contribution is 7.99. The van der Waals surface area contributed by atoms with Crippen LogP contribution in [0.1, 0.15) is 36.0 Å². The van der Waals surface area contributed by atoms with E-state index in [1.54, 1.807) is 23.1 Å².